The van der Waals surface area contributed by atoms with Crippen molar-refractivity contribution in [2.75, 3.05) is 0 Å². The minimum Gasteiger partial charge on any atom is -0.505 e. The zero-order valence-corrected chi connectivity index (χ0v) is 7.84. The number of carbonyl (C=O) groups is 2. The van der Waals surface area contributed by atoms with E-state index in [0.717, 1.165) is 6.20 Å². The summed E-state index contributed by atoms with van der Waals surface area (Å²) in [6.07, 6.45) is -0.535. The third kappa shape index (κ3) is 1.94. The number of hydrogen-bond acceptors (Lipinski definition) is 5. The van der Waals surface area contributed by atoms with Crippen LogP contribution in [0.2, 0.25) is 0 Å². The zero-order chi connectivity index (χ0) is 11.6. The molecule has 1 rings (SSSR count). The Kier molecular flexibility index (Phi) is 3.01. The molecule has 0 aliphatic carbocycles. The van der Waals surface area contributed by atoms with E-state index >= 15 is 0 Å². The van der Waals surface area contributed by atoms with Crippen molar-refractivity contribution in [1.82, 2.24) is 4.98 Å². The number of nitrogens with zero attached hydrogens (tertiary/aromatic N) is 1. The quantitative estimate of drug-likeness (QED) is 0.608. The standard InChI is InChI=1S/C9H9NO5/c1-4-7(12)6(3-11)5(2-10-4)8(13)9(14)15/h2-3,8,12-13H,1H3,(H,14,15). The summed E-state index contributed by atoms with van der Waals surface area (Å²) in [5, 5.41) is 27.2. The van der Waals surface area contributed by atoms with Gasteiger partial charge in [-0.25, -0.2) is 4.79 Å². The molecule has 0 aliphatic rings. The molecule has 1 aromatic rings. The Morgan fingerprint density at radius 3 is 2.67 bits per heavy atom. The second-order valence-corrected chi connectivity index (χ2v) is 2.92. The molecule has 0 saturated carbocycles. The van der Waals surface area contributed by atoms with Gasteiger partial charge in [0.15, 0.2) is 12.4 Å². The van der Waals surface area contributed by atoms with E-state index < -0.39 is 17.8 Å². The van der Waals surface area contributed by atoms with Gasteiger partial charge in [0.1, 0.15) is 5.75 Å². The second-order valence-electron chi connectivity index (χ2n) is 2.92. The summed E-state index contributed by atoms with van der Waals surface area (Å²) < 4.78 is 0. The number of aromatic nitrogens is 1. The SMILES string of the molecule is Cc1ncc(C(O)C(=O)O)c(C=O)c1O. The van der Waals surface area contributed by atoms with Gasteiger partial charge in [0.05, 0.1) is 11.3 Å². The Morgan fingerprint density at radius 2 is 2.20 bits per heavy atom. The number of pyridine rings is 1. The Bertz CT molecular complexity index is 415. The molecule has 1 atom stereocenters. The largest absolute Gasteiger partial charge is 0.505 e. The number of hydrogen-bond donors (Lipinski definition) is 3. The number of aromatic hydroxyl groups is 1. The molecule has 6 nitrogen and oxygen atoms in total. The van der Waals surface area contributed by atoms with Crippen LogP contribution < -0.4 is 0 Å². The maximum atomic E-state index is 10.6. The maximum Gasteiger partial charge on any atom is 0.337 e. The van der Waals surface area contributed by atoms with Gasteiger partial charge in [-0.3, -0.25) is 9.78 Å². The van der Waals surface area contributed by atoms with Gasteiger partial charge in [0, 0.05) is 11.8 Å². The number of carbonyl (C=O) groups excluding carboxylic acids is 1. The monoisotopic (exact) mass is 211 g/mol. The van der Waals surface area contributed by atoms with E-state index in [1.807, 2.05) is 0 Å². The predicted molar refractivity (Wildman–Crippen MR) is 48.6 cm³/mol. The van der Waals surface area contributed by atoms with Gasteiger partial charge in [-0.1, -0.05) is 0 Å². The minimum atomic E-state index is -1.87. The number of carboxylic acid groups (broad SMARTS) is 1. The van der Waals surface area contributed by atoms with Gasteiger partial charge < -0.3 is 15.3 Å². The number of carboxylic acids is 1. The molecule has 1 aromatic heterocycles. The van der Waals surface area contributed by atoms with Gasteiger partial charge in [0.2, 0.25) is 0 Å². The van der Waals surface area contributed by atoms with Crippen LogP contribution in [0.1, 0.15) is 27.7 Å². The summed E-state index contributed by atoms with van der Waals surface area (Å²) in [6, 6.07) is 0. The van der Waals surface area contributed by atoms with Crippen LogP contribution in [-0.2, 0) is 4.79 Å². The van der Waals surface area contributed by atoms with Crippen molar-refractivity contribution < 1.29 is 24.9 Å². The Hall–Kier alpha value is -1.95. The predicted octanol–water partition coefficient (Wildman–Crippen LogP) is 0.0261. The van der Waals surface area contributed by atoms with Crippen LogP contribution in [0.25, 0.3) is 0 Å². The molecule has 6 heteroatoms. The third-order valence-electron chi connectivity index (χ3n) is 1.95. The molecule has 0 aliphatic heterocycles. The van der Waals surface area contributed by atoms with Gasteiger partial charge in [-0.05, 0) is 6.92 Å². The van der Waals surface area contributed by atoms with Crippen LogP contribution in [-0.4, -0.2) is 32.6 Å². The lowest BCUT2D eigenvalue weighted by atomic mass is 10.0. The summed E-state index contributed by atoms with van der Waals surface area (Å²) in [4.78, 5) is 24.8. The van der Waals surface area contributed by atoms with Crippen LogP contribution in [0.15, 0.2) is 6.20 Å². The summed E-state index contributed by atoms with van der Waals surface area (Å²) in [7, 11) is 0. The van der Waals surface area contributed by atoms with Crippen LogP contribution in [0, 0.1) is 6.92 Å². The first kappa shape index (κ1) is 11.1. The van der Waals surface area contributed by atoms with Crippen molar-refractivity contribution in [3.05, 3.63) is 23.0 Å². The number of rotatable bonds is 3. The first-order valence-corrected chi connectivity index (χ1v) is 4.03. The highest BCUT2D eigenvalue weighted by Gasteiger charge is 2.22. The smallest absolute Gasteiger partial charge is 0.337 e. The summed E-state index contributed by atoms with van der Waals surface area (Å²) >= 11 is 0. The molecule has 0 fully saturated rings. The highest BCUT2D eigenvalue weighted by Crippen LogP contribution is 2.26. The van der Waals surface area contributed by atoms with Crippen molar-refractivity contribution in [2.24, 2.45) is 0 Å². The van der Waals surface area contributed by atoms with Gasteiger partial charge >= 0.3 is 5.97 Å². The van der Waals surface area contributed by atoms with Crippen molar-refractivity contribution in [1.29, 1.82) is 0 Å². The van der Waals surface area contributed by atoms with Gasteiger partial charge in [-0.15, -0.1) is 0 Å². The molecule has 0 spiro atoms. The number of aliphatic hydroxyl groups excluding tert-OH is 1. The first-order chi connectivity index (χ1) is 6.99. The molecular formula is C9H9NO5. The second kappa shape index (κ2) is 4.05. The van der Waals surface area contributed by atoms with Crippen molar-refractivity contribution in [2.45, 2.75) is 13.0 Å². The first-order valence-electron chi connectivity index (χ1n) is 4.03. The number of aryl methyl sites for hydroxylation is 1. The fourth-order valence-corrected chi connectivity index (χ4v) is 1.10. The molecule has 1 unspecified atom stereocenters. The zero-order valence-electron chi connectivity index (χ0n) is 7.84. The highest BCUT2D eigenvalue weighted by molar-refractivity contribution is 5.85. The molecule has 1 heterocycles. The van der Waals surface area contributed by atoms with E-state index in [1.165, 1.54) is 6.92 Å². The highest BCUT2D eigenvalue weighted by atomic mass is 16.4. The van der Waals surface area contributed by atoms with E-state index in [1.54, 1.807) is 0 Å². The van der Waals surface area contributed by atoms with Crippen LogP contribution in [0.4, 0.5) is 0 Å². The summed E-state index contributed by atoms with van der Waals surface area (Å²) in [5.74, 6) is -1.93. The minimum absolute atomic E-state index is 0.193. The maximum absolute atomic E-state index is 10.6. The normalized spacial score (nSPS) is 12.1. The summed E-state index contributed by atoms with van der Waals surface area (Å²) in [5.41, 5.74) is -0.281. The average Bonchev–Trinajstić information content (AvgIpc) is 2.20. The molecular weight excluding hydrogens is 202 g/mol. The summed E-state index contributed by atoms with van der Waals surface area (Å²) in [6.45, 7) is 1.46. The van der Waals surface area contributed by atoms with E-state index in [2.05, 4.69) is 4.98 Å². The van der Waals surface area contributed by atoms with Crippen LogP contribution >= 0.6 is 0 Å². The Balaban J connectivity index is 3.36. The van der Waals surface area contributed by atoms with Crippen LogP contribution in [0.3, 0.4) is 0 Å². The molecule has 0 aromatic carbocycles. The van der Waals surface area contributed by atoms with Crippen molar-refractivity contribution in [3.63, 3.8) is 0 Å². The topological polar surface area (TPSA) is 108 Å². The Morgan fingerprint density at radius 1 is 1.60 bits per heavy atom. The average molecular weight is 211 g/mol. The number of aliphatic hydroxyl groups is 1. The third-order valence-corrected chi connectivity index (χ3v) is 1.95. The molecule has 0 bridgehead atoms. The van der Waals surface area contributed by atoms with Gasteiger partial charge in [0.25, 0.3) is 0 Å². The van der Waals surface area contributed by atoms with E-state index in [0.29, 0.717) is 0 Å². The molecule has 0 amide bonds. The van der Waals surface area contributed by atoms with Gasteiger partial charge in [-0.2, -0.15) is 0 Å². The van der Waals surface area contributed by atoms with E-state index in [4.69, 9.17) is 5.11 Å². The van der Waals surface area contributed by atoms with E-state index in [-0.39, 0.29) is 23.1 Å². The molecule has 0 saturated heterocycles. The number of aldehydes is 1. The van der Waals surface area contributed by atoms with Crippen molar-refractivity contribution >= 4 is 12.3 Å². The van der Waals surface area contributed by atoms with Crippen molar-refractivity contribution in [3.8, 4) is 5.75 Å². The molecule has 15 heavy (non-hydrogen) atoms. The lowest BCUT2D eigenvalue weighted by molar-refractivity contribution is -0.147. The molecule has 80 valence electrons. The fourth-order valence-electron chi connectivity index (χ4n) is 1.10. The lowest BCUT2D eigenvalue weighted by Gasteiger charge is -2.10. The van der Waals surface area contributed by atoms with E-state index in [9.17, 15) is 19.8 Å². The fraction of sp³-hybridized carbons (Fsp3) is 0.222. The molecule has 3 N–H and O–H groups in total. The Labute approximate surface area is 84.8 Å². The van der Waals surface area contributed by atoms with Crippen LogP contribution in [0.5, 0.6) is 5.75 Å². The number of aliphatic carboxylic acids is 1. The molecule has 0 radical (unpaired) electrons. The lowest BCUT2D eigenvalue weighted by Crippen LogP contribution is -2.13.